The van der Waals surface area contributed by atoms with E-state index in [0.29, 0.717) is 17.8 Å². The number of amides is 1. The zero-order valence-electron chi connectivity index (χ0n) is 10.8. The Morgan fingerprint density at radius 2 is 1.85 bits per heavy atom. The quantitative estimate of drug-likeness (QED) is 0.880. The van der Waals surface area contributed by atoms with Gasteiger partial charge >= 0.3 is 0 Å². The van der Waals surface area contributed by atoms with Crippen LogP contribution in [-0.4, -0.2) is 15.7 Å². The molecule has 0 fully saturated rings. The van der Waals surface area contributed by atoms with Gasteiger partial charge in [-0.2, -0.15) is 5.10 Å². The highest BCUT2D eigenvalue weighted by atomic mass is 19.2. The van der Waals surface area contributed by atoms with Gasteiger partial charge in [0, 0.05) is 17.8 Å². The van der Waals surface area contributed by atoms with E-state index in [1.807, 2.05) is 13.8 Å². The molecule has 1 aromatic heterocycles. The number of aromatic nitrogens is 2. The van der Waals surface area contributed by atoms with Crippen LogP contribution in [0.3, 0.4) is 0 Å². The molecular weight excluding hydrogens is 271 g/mol. The van der Waals surface area contributed by atoms with Crippen LogP contribution in [0.1, 0.15) is 30.2 Å². The molecule has 0 spiro atoms. The minimum absolute atomic E-state index is 0.112. The number of anilines is 1. The SMILES string of the molecule is CC(C)n1cc(NC(=O)c2cc(F)c(F)c(F)c2)cn1. The van der Waals surface area contributed by atoms with Gasteiger partial charge in [0.25, 0.3) is 5.91 Å². The molecule has 1 heterocycles. The minimum Gasteiger partial charge on any atom is -0.319 e. The maximum absolute atomic E-state index is 13.0. The first-order valence-electron chi connectivity index (χ1n) is 5.88. The van der Waals surface area contributed by atoms with Crippen LogP contribution in [0.15, 0.2) is 24.5 Å². The number of hydrogen-bond acceptors (Lipinski definition) is 2. The maximum Gasteiger partial charge on any atom is 0.255 e. The Bertz CT molecular complexity index is 629. The van der Waals surface area contributed by atoms with Gasteiger partial charge in [0.1, 0.15) is 0 Å². The van der Waals surface area contributed by atoms with Crippen LogP contribution < -0.4 is 5.32 Å². The normalized spacial score (nSPS) is 10.9. The predicted octanol–water partition coefficient (Wildman–Crippen LogP) is 3.13. The molecular formula is C13H12F3N3O. The number of hydrogen-bond donors (Lipinski definition) is 1. The van der Waals surface area contributed by atoms with E-state index in [2.05, 4.69) is 10.4 Å². The molecule has 0 saturated heterocycles. The van der Waals surface area contributed by atoms with Crippen LogP contribution in [0.2, 0.25) is 0 Å². The molecule has 0 radical (unpaired) electrons. The van der Waals surface area contributed by atoms with Gasteiger partial charge in [-0.15, -0.1) is 0 Å². The number of carbonyl (C=O) groups excluding carboxylic acids is 1. The molecule has 20 heavy (non-hydrogen) atoms. The van der Waals surface area contributed by atoms with Crippen LogP contribution >= 0.6 is 0 Å². The van der Waals surface area contributed by atoms with Gasteiger partial charge in [-0.05, 0) is 26.0 Å². The summed E-state index contributed by atoms with van der Waals surface area (Å²) >= 11 is 0. The number of rotatable bonds is 3. The number of carbonyl (C=O) groups is 1. The lowest BCUT2D eigenvalue weighted by Gasteiger charge is -2.05. The molecule has 0 aliphatic heterocycles. The van der Waals surface area contributed by atoms with Crippen molar-refractivity contribution < 1.29 is 18.0 Å². The van der Waals surface area contributed by atoms with Gasteiger partial charge in [0.2, 0.25) is 0 Å². The summed E-state index contributed by atoms with van der Waals surface area (Å²) in [4.78, 5) is 11.8. The molecule has 0 saturated carbocycles. The fourth-order valence-electron chi connectivity index (χ4n) is 1.57. The summed E-state index contributed by atoms with van der Waals surface area (Å²) in [6.07, 6.45) is 2.99. The average molecular weight is 283 g/mol. The van der Waals surface area contributed by atoms with Crippen molar-refractivity contribution >= 4 is 11.6 Å². The maximum atomic E-state index is 13.0. The Morgan fingerprint density at radius 1 is 1.25 bits per heavy atom. The van der Waals surface area contributed by atoms with E-state index in [-0.39, 0.29) is 11.6 Å². The molecule has 0 aliphatic rings. The number of nitrogens with zero attached hydrogens (tertiary/aromatic N) is 2. The molecule has 2 aromatic rings. The third kappa shape index (κ3) is 2.81. The standard InChI is InChI=1S/C13H12F3N3O/c1-7(2)19-6-9(5-17-19)18-13(20)8-3-10(14)12(16)11(15)4-8/h3-7H,1-2H3,(H,18,20). The number of nitrogens with one attached hydrogen (secondary N) is 1. The predicted molar refractivity (Wildman–Crippen MR) is 66.9 cm³/mol. The molecule has 1 aromatic carbocycles. The first kappa shape index (κ1) is 14.1. The number of benzene rings is 1. The van der Waals surface area contributed by atoms with Crippen molar-refractivity contribution in [1.82, 2.24) is 9.78 Å². The second-order valence-corrected chi connectivity index (χ2v) is 4.51. The van der Waals surface area contributed by atoms with Gasteiger partial charge in [-0.25, -0.2) is 13.2 Å². The molecule has 0 bridgehead atoms. The van der Waals surface area contributed by atoms with Crippen molar-refractivity contribution in [3.63, 3.8) is 0 Å². The highest BCUT2D eigenvalue weighted by Gasteiger charge is 2.15. The highest BCUT2D eigenvalue weighted by molar-refractivity contribution is 6.04. The van der Waals surface area contributed by atoms with Gasteiger partial charge in [-0.3, -0.25) is 9.48 Å². The summed E-state index contributed by atoms with van der Waals surface area (Å²) in [5.74, 6) is -5.17. The van der Waals surface area contributed by atoms with E-state index in [4.69, 9.17) is 0 Å². The summed E-state index contributed by atoms with van der Waals surface area (Å²) < 4.78 is 40.5. The topological polar surface area (TPSA) is 46.9 Å². The van der Waals surface area contributed by atoms with Crippen molar-refractivity contribution in [2.45, 2.75) is 19.9 Å². The lowest BCUT2D eigenvalue weighted by atomic mass is 10.2. The minimum atomic E-state index is -1.60. The third-order valence-electron chi connectivity index (χ3n) is 2.63. The van der Waals surface area contributed by atoms with Crippen LogP contribution in [0, 0.1) is 17.5 Å². The summed E-state index contributed by atoms with van der Waals surface area (Å²) in [6, 6.07) is 1.39. The van der Waals surface area contributed by atoms with Crippen LogP contribution in [0.5, 0.6) is 0 Å². The molecule has 0 atom stereocenters. The highest BCUT2D eigenvalue weighted by Crippen LogP contribution is 2.16. The monoisotopic (exact) mass is 283 g/mol. The van der Waals surface area contributed by atoms with Crippen molar-refractivity contribution in [2.24, 2.45) is 0 Å². The Morgan fingerprint density at radius 3 is 2.35 bits per heavy atom. The molecule has 0 aliphatic carbocycles. The van der Waals surface area contributed by atoms with E-state index in [1.165, 1.54) is 6.20 Å². The van der Waals surface area contributed by atoms with Crippen molar-refractivity contribution in [1.29, 1.82) is 0 Å². The van der Waals surface area contributed by atoms with Crippen LogP contribution in [0.4, 0.5) is 18.9 Å². The van der Waals surface area contributed by atoms with Crippen molar-refractivity contribution in [3.8, 4) is 0 Å². The molecule has 106 valence electrons. The number of halogens is 3. The van der Waals surface area contributed by atoms with E-state index in [0.717, 1.165) is 0 Å². The lowest BCUT2D eigenvalue weighted by molar-refractivity contribution is 0.102. The molecule has 7 heteroatoms. The summed E-state index contributed by atoms with van der Waals surface area (Å²) in [5.41, 5.74) is 0.0764. The lowest BCUT2D eigenvalue weighted by Crippen LogP contribution is -2.13. The Labute approximate surface area is 113 Å². The zero-order valence-corrected chi connectivity index (χ0v) is 10.8. The van der Waals surface area contributed by atoms with E-state index in [1.54, 1.807) is 10.9 Å². The first-order valence-corrected chi connectivity index (χ1v) is 5.88. The van der Waals surface area contributed by atoms with Crippen molar-refractivity contribution in [2.75, 3.05) is 5.32 Å². The Hall–Kier alpha value is -2.31. The molecule has 1 N–H and O–H groups in total. The Balaban J connectivity index is 2.19. The second kappa shape index (κ2) is 5.36. The largest absolute Gasteiger partial charge is 0.319 e. The fourth-order valence-corrected chi connectivity index (χ4v) is 1.57. The first-order chi connectivity index (χ1) is 9.38. The Kier molecular flexibility index (Phi) is 3.78. The summed E-state index contributed by atoms with van der Waals surface area (Å²) in [6.45, 7) is 3.81. The molecule has 1 amide bonds. The third-order valence-corrected chi connectivity index (χ3v) is 2.63. The second-order valence-electron chi connectivity index (χ2n) is 4.51. The van der Waals surface area contributed by atoms with Gasteiger partial charge in [-0.1, -0.05) is 0 Å². The van der Waals surface area contributed by atoms with Crippen molar-refractivity contribution in [3.05, 3.63) is 47.5 Å². The van der Waals surface area contributed by atoms with Crippen LogP contribution in [-0.2, 0) is 0 Å². The average Bonchev–Trinajstić information content (AvgIpc) is 2.84. The molecule has 2 rings (SSSR count). The zero-order chi connectivity index (χ0) is 14.9. The van der Waals surface area contributed by atoms with E-state index < -0.39 is 23.4 Å². The molecule has 4 nitrogen and oxygen atoms in total. The van der Waals surface area contributed by atoms with Gasteiger partial charge in [0.05, 0.1) is 11.9 Å². The van der Waals surface area contributed by atoms with Gasteiger partial charge < -0.3 is 5.32 Å². The fraction of sp³-hybridized carbons (Fsp3) is 0.231. The summed E-state index contributed by atoms with van der Waals surface area (Å²) in [7, 11) is 0. The summed E-state index contributed by atoms with van der Waals surface area (Å²) in [5, 5.41) is 6.43. The van der Waals surface area contributed by atoms with E-state index in [9.17, 15) is 18.0 Å². The van der Waals surface area contributed by atoms with E-state index >= 15 is 0 Å². The van der Waals surface area contributed by atoms with Gasteiger partial charge in [0.15, 0.2) is 17.5 Å². The van der Waals surface area contributed by atoms with Crippen LogP contribution in [0.25, 0.3) is 0 Å². The molecule has 0 unspecified atom stereocenters. The smallest absolute Gasteiger partial charge is 0.255 e.